The third-order valence-corrected chi connectivity index (χ3v) is 4.99. The van der Waals surface area contributed by atoms with Crippen molar-refractivity contribution in [1.29, 1.82) is 0 Å². The number of amides is 1. The Morgan fingerprint density at radius 3 is 2.32 bits per heavy atom. The maximum Gasteiger partial charge on any atom is 0.222 e. The lowest BCUT2D eigenvalue weighted by Gasteiger charge is -2.21. The van der Waals surface area contributed by atoms with Crippen LogP contribution in [0.4, 0.5) is 0 Å². The lowest BCUT2D eigenvalue weighted by atomic mass is 10.1. The summed E-state index contributed by atoms with van der Waals surface area (Å²) in [5.74, 6) is 0.918. The van der Waals surface area contributed by atoms with Gasteiger partial charge in [-0.3, -0.25) is 4.79 Å². The molecule has 2 fully saturated rings. The fourth-order valence-electron chi connectivity index (χ4n) is 3.51. The number of halogens is 1. The van der Waals surface area contributed by atoms with Gasteiger partial charge in [0.2, 0.25) is 5.91 Å². The number of carbonyl (C=O) groups excluding carboxylic acids is 1. The second kappa shape index (κ2) is 9.99. The fraction of sp³-hybridized carbons (Fsp3) is 0.579. The number of benzene rings is 1. The zero-order chi connectivity index (χ0) is 16.8. The molecule has 1 aromatic rings. The molecule has 2 aliphatic heterocycles. The zero-order valence-corrected chi connectivity index (χ0v) is 17.2. The van der Waals surface area contributed by atoms with E-state index in [1.54, 1.807) is 0 Å². The van der Waals surface area contributed by atoms with Gasteiger partial charge in [0.25, 0.3) is 0 Å². The third kappa shape index (κ3) is 5.59. The first-order valence-electron chi connectivity index (χ1n) is 9.13. The topological polar surface area (TPSA) is 61.9 Å². The molecule has 0 aliphatic carbocycles. The van der Waals surface area contributed by atoms with E-state index in [1.807, 2.05) is 17.0 Å². The van der Waals surface area contributed by atoms with Crippen LogP contribution in [0.15, 0.2) is 29.3 Å². The Labute approximate surface area is 167 Å². The molecule has 0 atom stereocenters. The normalized spacial score (nSPS) is 18.9. The minimum atomic E-state index is 0. The Hall–Kier alpha value is -1.31. The van der Waals surface area contributed by atoms with Crippen molar-refractivity contribution in [2.45, 2.75) is 51.6 Å². The molecule has 0 spiro atoms. The molecule has 6 heteroatoms. The molecule has 1 aromatic carbocycles. The molecule has 2 saturated heterocycles. The third-order valence-electron chi connectivity index (χ3n) is 4.99. The summed E-state index contributed by atoms with van der Waals surface area (Å²) in [5.41, 5.74) is 8.56. The van der Waals surface area contributed by atoms with Crippen LogP contribution in [0.1, 0.15) is 49.7 Å². The molecule has 25 heavy (non-hydrogen) atoms. The highest BCUT2D eigenvalue weighted by Crippen LogP contribution is 2.18. The van der Waals surface area contributed by atoms with Gasteiger partial charge in [0.05, 0.1) is 6.54 Å². The second-order valence-electron chi connectivity index (χ2n) is 6.76. The molecular weight excluding hydrogens is 427 g/mol. The predicted octanol–water partition coefficient (Wildman–Crippen LogP) is 3.12. The molecule has 2 heterocycles. The van der Waals surface area contributed by atoms with Crippen molar-refractivity contribution in [3.05, 3.63) is 35.4 Å². The van der Waals surface area contributed by atoms with Crippen LogP contribution >= 0.6 is 24.0 Å². The molecule has 0 radical (unpaired) electrons. The standard InChI is InChI=1S/C19H28N4O.HI/c20-19(22-11-5-1-2-6-12-22)21-14-16-8-3-4-9-17(16)15-23-13-7-10-18(23)24;/h3-4,8-9H,1-2,5-7,10-15H2,(H2,20,21);1H. The Balaban J connectivity index is 0.00000225. The number of aliphatic imine (C=N–C) groups is 1. The molecule has 0 unspecified atom stereocenters. The number of guanidine groups is 1. The van der Waals surface area contributed by atoms with Gasteiger partial charge >= 0.3 is 0 Å². The molecule has 0 saturated carbocycles. The maximum atomic E-state index is 11.9. The summed E-state index contributed by atoms with van der Waals surface area (Å²) in [6.07, 6.45) is 6.63. The number of hydrogen-bond acceptors (Lipinski definition) is 2. The average molecular weight is 456 g/mol. The highest BCUT2D eigenvalue weighted by atomic mass is 127. The van der Waals surface area contributed by atoms with Crippen LogP contribution in [0.25, 0.3) is 0 Å². The quantitative estimate of drug-likeness (QED) is 0.430. The van der Waals surface area contributed by atoms with Crippen LogP contribution < -0.4 is 5.73 Å². The summed E-state index contributed by atoms with van der Waals surface area (Å²) in [6, 6.07) is 8.25. The van der Waals surface area contributed by atoms with E-state index in [4.69, 9.17) is 5.73 Å². The Bertz CT molecular complexity index is 597. The monoisotopic (exact) mass is 456 g/mol. The van der Waals surface area contributed by atoms with Crippen LogP contribution in [0.3, 0.4) is 0 Å². The lowest BCUT2D eigenvalue weighted by molar-refractivity contribution is -0.128. The Morgan fingerprint density at radius 1 is 1.00 bits per heavy atom. The number of nitrogens with zero attached hydrogens (tertiary/aromatic N) is 3. The van der Waals surface area contributed by atoms with Crippen molar-refractivity contribution in [3.63, 3.8) is 0 Å². The summed E-state index contributed by atoms with van der Waals surface area (Å²) in [4.78, 5) is 20.7. The summed E-state index contributed by atoms with van der Waals surface area (Å²) in [6.45, 7) is 4.17. The summed E-state index contributed by atoms with van der Waals surface area (Å²) in [5, 5.41) is 0. The van der Waals surface area contributed by atoms with Crippen LogP contribution in [-0.4, -0.2) is 41.3 Å². The molecule has 3 rings (SSSR count). The molecule has 138 valence electrons. The van der Waals surface area contributed by atoms with E-state index >= 15 is 0 Å². The smallest absolute Gasteiger partial charge is 0.222 e. The van der Waals surface area contributed by atoms with Gasteiger partial charge in [-0.05, 0) is 30.4 Å². The number of rotatable bonds is 4. The van der Waals surface area contributed by atoms with Gasteiger partial charge < -0.3 is 15.5 Å². The predicted molar refractivity (Wildman–Crippen MR) is 112 cm³/mol. The largest absolute Gasteiger partial charge is 0.370 e. The lowest BCUT2D eigenvalue weighted by Crippen LogP contribution is -2.38. The fourth-order valence-corrected chi connectivity index (χ4v) is 3.51. The molecule has 5 nitrogen and oxygen atoms in total. The minimum absolute atomic E-state index is 0. The molecule has 0 bridgehead atoms. The van der Waals surface area contributed by atoms with Crippen LogP contribution in [-0.2, 0) is 17.9 Å². The highest BCUT2D eigenvalue weighted by molar-refractivity contribution is 14.0. The molecule has 1 amide bonds. The van der Waals surface area contributed by atoms with Gasteiger partial charge in [0.1, 0.15) is 0 Å². The summed E-state index contributed by atoms with van der Waals surface area (Å²) in [7, 11) is 0. The number of hydrogen-bond donors (Lipinski definition) is 1. The van der Waals surface area contributed by atoms with Crippen molar-refractivity contribution in [1.82, 2.24) is 9.80 Å². The van der Waals surface area contributed by atoms with Gasteiger partial charge in [-0.25, -0.2) is 4.99 Å². The van der Waals surface area contributed by atoms with Gasteiger partial charge in [-0.15, -0.1) is 24.0 Å². The van der Waals surface area contributed by atoms with Crippen LogP contribution in [0.5, 0.6) is 0 Å². The van der Waals surface area contributed by atoms with Gasteiger partial charge in [0.15, 0.2) is 5.96 Å². The maximum absolute atomic E-state index is 11.9. The van der Waals surface area contributed by atoms with Crippen LogP contribution in [0.2, 0.25) is 0 Å². The van der Waals surface area contributed by atoms with Gasteiger partial charge in [0, 0.05) is 32.6 Å². The number of likely N-dealkylation sites (tertiary alicyclic amines) is 2. The van der Waals surface area contributed by atoms with E-state index < -0.39 is 0 Å². The molecule has 2 aliphatic rings. The molecule has 2 N–H and O–H groups in total. The summed E-state index contributed by atoms with van der Waals surface area (Å²) < 4.78 is 0. The van der Waals surface area contributed by atoms with Crippen molar-refractivity contribution in [3.8, 4) is 0 Å². The number of carbonyl (C=O) groups is 1. The Kier molecular flexibility index (Phi) is 7.99. The van der Waals surface area contributed by atoms with E-state index in [2.05, 4.69) is 22.0 Å². The van der Waals surface area contributed by atoms with Crippen molar-refractivity contribution < 1.29 is 4.79 Å². The first-order chi connectivity index (χ1) is 11.7. The van der Waals surface area contributed by atoms with Crippen LogP contribution in [0, 0.1) is 0 Å². The van der Waals surface area contributed by atoms with Gasteiger partial charge in [-0.1, -0.05) is 37.1 Å². The van der Waals surface area contributed by atoms with Crippen molar-refractivity contribution in [2.75, 3.05) is 19.6 Å². The number of nitrogens with two attached hydrogens (primary N) is 1. The summed E-state index contributed by atoms with van der Waals surface area (Å²) >= 11 is 0. The average Bonchev–Trinajstić information content (AvgIpc) is 2.85. The van der Waals surface area contributed by atoms with Crippen molar-refractivity contribution >= 4 is 35.8 Å². The van der Waals surface area contributed by atoms with E-state index in [9.17, 15) is 4.79 Å². The zero-order valence-electron chi connectivity index (χ0n) is 14.8. The SMILES string of the molecule is I.NC(=NCc1ccccc1CN1CCCC1=O)N1CCCCCC1. The minimum Gasteiger partial charge on any atom is -0.370 e. The van der Waals surface area contributed by atoms with E-state index in [0.717, 1.165) is 31.6 Å². The van der Waals surface area contributed by atoms with Gasteiger partial charge in [-0.2, -0.15) is 0 Å². The van der Waals surface area contributed by atoms with E-state index in [1.165, 1.54) is 31.2 Å². The first-order valence-corrected chi connectivity index (χ1v) is 9.13. The molecule has 0 aromatic heterocycles. The van der Waals surface area contributed by atoms with E-state index in [-0.39, 0.29) is 29.9 Å². The Morgan fingerprint density at radius 2 is 1.68 bits per heavy atom. The second-order valence-corrected chi connectivity index (χ2v) is 6.76. The molecular formula is C19H29IN4O. The first kappa shape index (κ1) is 20.0. The van der Waals surface area contributed by atoms with Crippen molar-refractivity contribution in [2.24, 2.45) is 10.7 Å². The van der Waals surface area contributed by atoms with E-state index in [0.29, 0.717) is 25.5 Å². The highest BCUT2D eigenvalue weighted by Gasteiger charge is 2.20.